The summed E-state index contributed by atoms with van der Waals surface area (Å²) in [6, 6.07) is 0. The van der Waals surface area contributed by atoms with Crippen LogP contribution in [0, 0.1) is 28.6 Å². The summed E-state index contributed by atoms with van der Waals surface area (Å²) in [5.41, 5.74) is -0.370. The predicted molar refractivity (Wildman–Crippen MR) is 71.2 cm³/mol. The summed E-state index contributed by atoms with van der Waals surface area (Å²) >= 11 is 0. The molecule has 0 aliphatic heterocycles. The first-order valence-corrected chi connectivity index (χ1v) is 7.32. The van der Waals surface area contributed by atoms with E-state index < -0.39 is 11.4 Å². The van der Waals surface area contributed by atoms with Crippen molar-refractivity contribution in [3.05, 3.63) is 12.2 Å². The molecule has 1 N–H and O–H groups in total. The average molecular weight is 248 g/mol. The molecule has 0 aromatic heterocycles. The van der Waals surface area contributed by atoms with Crippen molar-refractivity contribution in [2.75, 3.05) is 0 Å². The van der Waals surface area contributed by atoms with E-state index in [4.69, 9.17) is 0 Å². The Labute approximate surface area is 109 Å². The molecule has 0 spiro atoms. The zero-order valence-electron chi connectivity index (χ0n) is 11.5. The SMILES string of the molecule is CC(C)(/C=C/C12CC3CC(CC(C3)C1)C2)C(=O)O. The van der Waals surface area contributed by atoms with Crippen LogP contribution < -0.4 is 0 Å². The molecular formula is C16H24O2. The molecule has 18 heavy (non-hydrogen) atoms. The van der Waals surface area contributed by atoms with Crippen molar-refractivity contribution in [3.63, 3.8) is 0 Å². The van der Waals surface area contributed by atoms with Crippen LogP contribution in [0.3, 0.4) is 0 Å². The van der Waals surface area contributed by atoms with Crippen molar-refractivity contribution in [1.29, 1.82) is 0 Å². The second-order valence-electron chi connectivity index (χ2n) is 7.64. The highest BCUT2D eigenvalue weighted by molar-refractivity contribution is 5.75. The van der Waals surface area contributed by atoms with Gasteiger partial charge in [0.1, 0.15) is 0 Å². The molecule has 0 aromatic rings. The molecule has 4 bridgehead atoms. The normalized spacial score (nSPS) is 42.7. The average Bonchev–Trinajstić information content (AvgIpc) is 2.24. The number of carboxylic acid groups (broad SMARTS) is 1. The number of hydrogen-bond donors (Lipinski definition) is 1. The zero-order chi connectivity index (χ0) is 13.0. The van der Waals surface area contributed by atoms with Gasteiger partial charge in [-0.15, -0.1) is 0 Å². The summed E-state index contributed by atoms with van der Waals surface area (Å²) in [6.07, 6.45) is 12.5. The fraction of sp³-hybridized carbons (Fsp3) is 0.812. The minimum atomic E-state index is -0.719. The summed E-state index contributed by atoms with van der Waals surface area (Å²) in [5, 5.41) is 9.20. The number of carboxylic acids is 1. The lowest BCUT2D eigenvalue weighted by molar-refractivity contribution is -0.144. The first-order chi connectivity index (χ1) is 8.39. The van der Waals surface area contributed by atoms with Crippen molar-refractivity contribution < 1.29 is 9.90 Å². The molecule has 2 heteroatoms. The van der Waals surface area contributed by atoms with Crippen LogP contribution in [-0.4, -0.2) is 11.1 Å². The van der Waals surface area contributed by atoms with E-state index >= 15 is 0 Å². The fourth-order valence-electron chi connectivity index (χ4n) is 4.84. The molecule has 4 saturated carbocycles. The molecule has 4 fully saturated rings. The first-order valence-electron chi connectivity index (χ1n) is 7.32. The third-order valence-electron chi connectivity index (χ3n) is 5.49. The summed E-state index contributed by atoms with van der Waals surface area (Å²) in [6.45, 7) is 3.60. The fourth-order valence-corrected chi connectivity index (χ4v) is 4.84. The lowest BCUT2D eigenvalue weighted by Gasteiger charge is -2.56. The van der Waals surface area contributed by atoms with Crippen molar-refractivity contribution in [2.24, 2.45) is 28.6 Å². The van der Waals surface area contributed by atoms with Gasteiger partial charge in [-0.25, -0.2) is 0 Å². The Hall–Kier alpha value is -0.790. The van der Waals surface area contributed by atoms with Gasteiger partial charge in [-0.3, -0.25) is 4.79 Å². The van der Waals surface area contributed by atoms with Crippen LogP contribution in [-0.2, 0) is 4.79 Å². The molecule has 4 rings (SSSR count). The third-order valence-corrected chi connectivity index (χ3v) is 5.49. The van der Waals surface area contributed by atoms with Crippen LogP contribution in [0.5, 0.6) is 0 Å². The van der Waals surface area contributed by atoms with Crippen molar-refractivity contribution in [3.8, 4) is 0 Å². The molecule has 100 valence electrons. The van der Waals surface area contributed by atoms with E-state index in [1.165, 1.54) is 38.5 Å². The molecule has 4 aliphatic carbocycles. The Morgan fingerprint density at radius 3 is 1.94 bits per heavy atom. The molecular weight excluding hydrogens is 224 g/mol. The topological polar surface area (TPSA) is 37.3 Å². The minimum Gasteiger partial charge on any atom is -0.481 e. The molecule has 0 aromatic carbocycles. The molecule has 0 atom stereocenters. The largest absolute Gasteiger partial charge is 0.481 e. The number of hydrogen-bond acceptors (Lipinski definition) is 1. The summed E-state index contributed by atoms with van der Waals surface area (Å²) in [7, 11) is 0. The van der Waals surface area contributed by atoms with Crippen LogP contribution in [0.1, 0.15) is 52.4 Å². The van der Waals surface area contributed by atoms with Crippen molar-refractivity contribution in [2.45, 2.75) is 52.4 Å². The molecule has 0 radical (unpaired) electrons. The van der Waals surface area contributed by atoms with Crippen LogP contribution >= 0.6 is 0 Å². The monoisotopic (exact) mass is 248 g/mol. The minimum absolute atomic E-state index is 0.349. The van der Waals surface area contributed by atoms with Gasteiger partial charge in [0.25, 0.3) is 0 Å². The Kier molecular flexibility index (Phi) is 2.62. The van der Waals surface area contributed by atoms with Crippen molar-refractivity contribution in [1.82, 2.24) is 0 Å². The van der Waals surface area contributed by atoms with Crippen LogP contribution in [0.2, 0.25) is 0 Å². The van der Waals surface area contributed by atoms with E-state index in [2.05, 4.69) is 6.08 Å². The van der Waals surface area contributed by atoms with Gasteiger partial charge < -0.3 is 5.11 Å². The van der Waals surface area contributed by atoms with Gasteiger partial charge in [-0.2, -0.15) is 0 Å². The maximum atomic E-state index is 11.2. The quantitative estimate of drug-likeness (QED) is 0.770. The number of carbonyl (C=O) groups is 1. The molecule has 4 aliphatic rings. The van der Waals surface area contributed by atoms with E-state index in [1.807, 2.05) is 6.08 Å². The lowest BCUT2D eigenvalue weighted by Crippen LogP contribution is -2.45. The standard InChI is InChI=1S/C16H24O2/c1-15(2,14(17)18)3-4-16-8-11-5-12(9-16)7-13(6-11)10-16/h3-4,11-13H,5-10H2,1-2H3,(H,17,18)/b4-3+. The summed E-state index contributed by atoms with van der Waals surface area (Å²) in [4.78, 5) is 11.2. The van der Waals surface area contributed by atoms with E-state index in [9.17, 15) is 9.90 Å². The summed E-state index contributed by atoms with van der Waals surface area (Å²) in [5.74, 6) is 2.06. The molecule has 0 heterocycles. The highest BCUT2D eigenvalue weighted by atomic mass is 16.4. The highest BCUT2D eigenvalue weighted by Crippen LogP contribution is 2.60. The van der Waals surface area contributed by atoms with E-state index in [-0.39, 0.29) is 0 Å². The van der Waals surface area contributed by atoms with Gasteiger partial charge in [0.05, 0.1) is 5.41 Å². The van der Waals surface area contributed by atoms with Crippen LogP contribution in [0.15, 0.2) is 12.2 Å². The Morgan fingerprint density at radius 1 is 1.11 bits per heavy atom. The second-order valence-corrected chi connectivity index (χ2v) is 7.64. The molecule has 2 nitrogen and oxygen atoms in total. The Balaban J connectivity index is 1.80. The van der Waals surface area contributed by atoms with Gasteiger partial charge >= 0.3 is 5.97 Å². The van der Waals surface area contributed by atoms with Gasteiger partial charge in [0.15, 0.2) is 0 Å². The number of rotatable bonds is 3. The van der Waals surface area contributed by atoms with E-state index in [0.717, 1.165) is 17.8 Å². The molecule has 0 amide bonds. The van der Waals surface area contributed by atoms with E-state index in [0.29, 0.717) is 5.41 Å². The van der Waals surface area contributed by atoms with Gasteiger partial charge in [-0.05, 0) is 75.5 Å². The highest BCUT2D eigenvalue weighted by Gasteiger charge is 2.49. The first kappa shape index (κ1) is 12.3. The van der Waals surface area contributed by atoms with Crippen LogP contribution in [0.4, 0.5) is 0 Å². The Morgan fingerprint density at radius 2 is 1.56 bits per heavy atom. The maximum absolute atomic E-state index is 11.2. The molecule has 0 unspecified atom stereocenters. The van der Waals surface area contributed by atoms with Gasteiger partial charge in [-0.1, -0.05) is 12.2 Å². The zero-order valence-corrected chi connectivity index (χ0v) is 11.5. The van der Waals surface area contributed by atoms with Gasteiger partial charge in [0.2, 0.25) is 0 Å². The number of allylic oxidation sites excluding steroid dienone is 1. The third kappa shape index (κ3) is 2.00. The van der Waals surface area contributed by atoms with Gasteiger partial charge in [0, 0.05) is 0 Å². The van der Waals surface area contributed by atoms with Crippen molar-refractivity contribution >= 4 is 5.97 Å². The second kappa shape index (κ2) is 3.85. The smallest absolute Gasteiger partial charge is 0.312 e. The molecule has 0 saturated heterocycles. The maximum Gasteiger partial charge on any atom is 0.312 e. The Bertz CT molecular complexity index is 357. The van der Waals surface area contributed by atoms with Crippen LogP contribution in [0.25, 0.3) is 0 Å². The predicted octanol–water partition coefficient (Wildman–Crippen LogP) is 3.87. The van der Waals surface area contributed by atoms with E-state index in [1.54, 1.807) is 13.8 Å². The number of aliphatic carboxylic acids is 1. The summed E-state index contributed by atoms with van der Waals surface area (Å²) < 4.78 is 0. The lowest BCUT2D eigenvalue weighted by atomic mass is 9.49.